The molecule has 2 heterocycles. The van der Waals surface area contributed by atoms with Crippen LogP contribution < -0.4 is 10.2 Å². The Bertz CT molecular complexity index is 2390. The van der Waals surface area contributed by atoms with Gasteiger partial charge in [0.05, 0.1) is 11.9 Å². The van der Waals surface area contributed by atoms with Crippen molar-refractivity contribution in [1.29, 1.82) is 0 Å². The molecule has 6 nitrogen and oxygen atoms in total. The van der Waals surface area contributed by atoms with Gasteiger partial charge in [0.25, 0.3) is 0 Å². The van der Waals surface area contributed by atoms with Crippen molar-refractivity contribution in [3.63, 3.8) is 0 Å². The van der Waals surface area contributed by atoms with E-state index in [-0.39, 0.29) is 28.2 Å². The molecule has 59 heavy (non-hydrogen) atoms. The van der Waals surface area contributed by atoms with Crippen molar-refractivity contribution in [2.75, 3.05) is 0 Å². The van der Waals surface area contributed by atoms with Gasteiger partial charge in [-0.15, -0.1) is 0 Å². The maximum Gasteiger partial charge on any atom is 2.00 e. The molecule has 0 spiro atoms. The molecule has 0 N–H and O–H groups in total. The van der Waals surface area contributed by atoms with Gasteiger partial charge in [-0.3, -0.25) is 0 Å². The van der Waals surface area contributed by atoms with Crippen LogP contribution in [-0.2, 0) is 17.1 Å². The predicted molar refractivity (Wildman–Crippen MR) is 231 cm³/mol. The fourth-order valence-corrected chi connectivity index (χ4v) is 6.63. The number of aryl methyl sites for hydroxylation is 6. The third-order valence-corrected chi connectivity index (χ3v) is 9.82. The van der Waals surface area contributed by atoms with E-state index in [1.165, 1.54) is 0 Å². The number of pyridine rings is 2. The summed E-state index contributed by atoms with van der Waals surface area (Å²) in [5, 5.41) is 24.7. The zero-order valence-corrected chi connectivity index (χ0v) is 35.0. The molecule has 0 fully saturated rings. The minimum absolute atomic E-state index is 0. The average Bonchev–Trinajstić information content (AvgIpc) is 3.21. The molecule has 0 unspecified atom stereocenters. The molecule has 294 valence electrons. The van der Waals surface area contributed by atoms with Gasteiger partial charge in [0.2, 0.25) is 0 Å². The summed E-state index contributed by atoms with van der Waals surface area (Å²) in [4.78, 5) is 32.3. The van der Waals surface area contributed by atoms with E-state index in [4.69, 9.17) is 0 Å². The Morgan fingerprint density at radius 2 is 0.627 bits per heavy atom. The molecule has 0 aliphatic heterocycles. The third kappa shape index (κ3) is 10.8. The Morgan fingerprint density at radius 3 is 0.864 bits per heavy atom. The first-order valence-electron chi connectivity index (χ1n) is 19.1. The molecule has 0 saturated heterocycles. The van der Waals surface area contributed by atoms with Crippen LogP contribution in [0.5, 0.6) is 0 Å². The van der Waals surface area contributed by atoms with Crippen molar-refractivity contribution < 1.29 is 36.9 Å². The average molecular weight is 817 g/mol. The van der Waals surface area contributed by atoms with E-state index >= 15 is 0 Å². The quantitative estimate of drug-likeness (QED) is 0.155. The van der Waals surface area contributed by atoms with Crippen LogP contribution in [0.2, 0.25) is 0 Å². The molecule has 0 saturated carbocycles. The number of aromatic nitrogens is 2. The molecule has 8 rings (SSSR count). The molecule has 0 aliphatic rings. The van der Waals surface area contributed by atoms with Crippen molar-refractivity contribution in [1.82, 2.24) is 9.97 Å². The molecule has 0 atom stereocenters. The molecule has 7 heteroatoms. The molecule has 8 aromatic rings. The normalized spacial score (nSPS) is 10.3. The van der Waals surface area contributed by atoms with Crippen LogP contribution in [0.15, 0.2) is 158 Å². The largest absolute Gasteiger partial charge is 2.00 e. The number of carboxylic acid groups (broad SMARTS) is 2. The number of rotatable bonds is 6. The molecule has 0 bridgehead atoms. The molecule has 0 radical (unpaired) electrons. The predicted octanol–water partition coefficient (Wildman–Crippen LogP) is 10.2. The van der Waals surface area contributed by atoms with E-state index in [1.807, 2.05) is 199 Å². The van der Waals surface area contributed by atoms with E-state index < -0.39 is 11.9 Å². The summed E-state index contributed by atoms with van der Waals surface area (Å²) in [6.45, 7) is 12.0. The number of hydrogen-bond acceptors (Lipinski definition) is 6. The van der Waals surface area contributed by atoms with Gasteiger partial charge >= 0.3 is 17.1 Å². The van der Waals surface area contributed by atoms with E-state index in [1.54, 1.807) is 0 Å². The van der Waals surface area contributed by atoms with Crippen LogP contribution in [0.3, 0.4) is 0 Å². The second-order valence-electron chi connectivity index (χ2n) is 14.4. The number of nitrogens with zero attached hydrogens (tertiary/aromatic N) is 2. The number of carboxylic acids is 2. The number of fused-ring (bicyclic) bond motifs is 1. The zero-order chi connectivity index (χ0) is 41.3. The standard InChI is InChI=1S/2C21H18O2.C10H10N2.Fe/c2*1-14-6-10-16(11-7-14)18-4-3-5-19(20(18)21(22)23)17-12-8-15(2)9-13-17;1-7-3-5-9-6-4-8(2)12-10(9)11-7;/h2*3-13H,1-2H3,(H,22,23);3-6H,1-2H3;/q;;;+2/p-2. The van der Waals surface area contributed by atoms with Crippen molar-refractivity contribution in [3.05, 3.63) is 202 Å². The molecular weight excluding hydrogens is 772 g/mol. The third-order valence-electron chi connectivity index (χ3n) is 9.82. The van der Waals surface area contributed by atoms with Gasteiger partial charge in [-0.1, -0.05) is 156 Å². The Balaban J connectivity index is 0.000000175. The summed E-state index contributed by atoms with van der Waals surface area (Å²) in [5.41, 5.74) is 14.1. The minimum Gasteiger partial charge on any atom is -0.545 e. The Kier molecular flexibility index (Phi) is 14.5. The molecular formula is C52H44FeN2O4. The second-order valence-corrected chi connectivity index (χ2v) is 14.4. The Morgan fingerprint density at radius 1 is 0.373 bits per heavy atom. The zero-order valence-electron chi connectivity index (χ0n) is 33.9. The summed E-state index contributed by atoms with van der Waals surface area (Å²) in [6.07, 6.45) is 0. The first-order chi connectivity index (χ1) is 27.9. The Labute approximate surface area is 356 Å². The molecule has 0 aliphatic carbocycles. The monoisotopic (exact) mass is 816 g/mol. The van der Waals surface area contributed by atoms with Crippen LogP contribution in [0.4, 0.5) is 0 Å². The van der Waals surface area contributed by atoms with Crippen LogP contribution in [0, 0.1) is 41.5 Å². The first-order valence-corrected chi connectivity index (χ1v) is 19.1. The van der Waals surface area contributed by atoms with Crippen LogP contribution in [-0.4, -0.2) is 21.9 Å². The maximum absolute atomic E-state index is 11.8. The summed E-state index contributed by atoms with van der Waals surface area (Å²) in [7, 11) is 0. The van der Waals surface area contributed by atoms with Crippen molar-refractivity contribution in [2.24, 2.45) is 0 Å². The molecule has 6 aromatic carbocycles. The van der Waals surface area contributed by atoms with Crippen molar-refractivity contribution in [2.45, 2.75) is 41.5 Å². The number of hydrogen-bond donors (Lipinski definition) is 0. The molecule has 0 amide bonds. The van der Waals surface area contributed by atoms with Crippen LogP contribution in [0.1, 0.15) is 54.4 Å². The van der Waals surface area contributed by atoms with Gasteiger partial charge in [-0.2, -0.15) is 0 Å². The van der Waals surface area contributed by atoms with Gasteiger partial charge in [-0.05, 0) is 110 Å². The van der Waals surface area contributed by atoms with Gasteiger partial charge in [0.15, 0.2) is 5.65 Å². The van der Waals surface area contributed by atoms with Crippen LogP contribution >= 0.6 is 0 Å². The first kappa shape index (κ1) is 43.5. The van der Waals surface area contributed by atoms with Crippen molar-refractivity contribution >= 4 is 23.0 Å². The topological polar surface area (TPSA) is 106 Å². The fourth-order valence-electron chi connectivity index (χ4n) is 6.63. The second kappa shape index (κ2) is 19.7. The van der Waals surface area contributed by atoms with Gasteiger partial charge in [-0.25, -0.2) is 9.97 Å². The summed E-state index contributed by atoms with van der Waals surface area (Å²) < 4.78 is 0. The van der Waals surface area contributed by atoms with Gasteiger partial charge in [0, 0.05) is 27.9 Å². The molecule has 2 aromatic heterocycles. The van der Waals surface area contributed by atoms with E-state index in [0.29, 0.717) is 22.3 Å². The van der Waals surface area contributed by atoms with Gasteiger partial charge < -0.3 is 19.8 Å². The van der Waals surface area contributed by atoms with E-state index in [0.717, 1.165) is 66.9 Å². The SMILES string of the molecule is Cc1ccc(-c2cccc(-c3ccc(C)cc3)c2C(=O)[O-])cc1.Cc1ccc(-c2cccc(-c3ccc(C)cc3)c2C(=O)[O-])cc1.Cc1ccc2ccc(C)nc2n1.[Fe+2]. The smallest absolute Gasteiger partial charge is 0.545 e. The number of aromatic carboxylic acids is 2. The number of benzene rings is 6. The van der Waals surface area contributed by atoms with Gasteiger partial charge in [0.1, 0.15) is 0 Å². The summed E-state index contributed by atoms with van der Waals surface area (Å²) in [5.74, 6) is -2.31. The summed E-state index contributed by atoms with van der Waals surface area (Å²) in [6, 6.07) is 50.5. The van der Waals surface area contributed by atoms with Crippen LogP contribution in [0.25, 0.3) is 55.5 Å². The van der Waals surface area contributed by atoms with Crippen molar-refractivity contribution in [3.8, 4) is 44.5 Å². The van der Waals surface area contributed by atoms with E-state index in [2.05, 4.69) is 9.97 Å². The maximum atomic E-state index is 11.8. The number of carbonyl (C=O) groups excluding carboxylic acids is 2. The summed E-state index contributed by atoms with van der Waals surface area (Å²) >= 11 is 0. The number of carbonyl (C=O) groups is 2. The fraction of sp³-hybridized carbons (Fsp3) is 0.115. The minimum atomic E-state index is -1.16. The Hall–Kier alpha value is -6.66. The van der Waals surface area contributed by atoms with E-state index in [9.17, 15) is 19.8 Å².